The van der Waals surface area contributed by atoms with Crippen LogP contribution in [-0.4, -0.2) is 37.5 Å². The zero-order chi connectivity index (χ0) is 23.6. The number of carbonyl (C=O) groups excluding carboxylic acids is 2. The van der Waals surface area contributed by atoms with Crippen molar-refractivity contribution in [3.63, 3.8) is 0 Å². The Bertz CT molecular complexity index is 1270. The summed E-state index contributed by atoms with van der Waals surface area (Å²) in [5.41, 5.74) is 1.54. The van der Waals surface area contributed by atoms with E-state index in [0.717, 1.165) is 16.3 Å². The maximum Gasteiger partial charge on any atom is 0.243 e. The van der Waals surface area contributed by atoms with Crippen molar-refractivity contribution in [3.8, 4) is 0 Å². The number of sulfonamides is 1. The van der Waals surface area contributed by atoms with Crippen LogP contribution < -0.4 is 5.32 Å². The normalized spacial score (nSPS) is 16.4. The summed E-state index contributed by atoms with van der Waals surface area (Å²) in [5, 5.41) is 5.37. The first-order chi connectivity index (χ1) is 15.8. The second-order valence-corrected chi connectivity index (χ2v) is 10.5. The molecule has 0 radical (unpaired) electrons. The average molecular weight is 465 g/mol. The van der Waals surface area contributed by atoms with Crippen molar-refractivity contribution in [1.82, 2.24) is 9.62 Å². The number of ketones is 1. The number of hydrogen-bond donors (Lipinski definition) is 1. The highest BCUT2D eigenvalue weighted by molar-refractivity contribution is 7.89. The van der Waals surface area contributed by atoms with Crippen LogP contribution in [-0.2, 0) is 14.8 Å². The molecule has 0 aliphatic carbocycles. The van der Waals surface area contributed by atoms with Crippen LogP contribution in [0.2, 0.25) is 0 Å². The van der Waals surface area contributed by atoms with Crippen molar-refractivity contribution in [2.45, 2.75) is 37.6 Å². The highest BCUT2D eigenvalue weighted by Gasteiger charge is 2.32. The van der Waals surface area contributed by atoms with Crippen molar-refractivity contribution in [1.29, 1.82) is 0 Å². The standard InChI is InChI=1S/C26H28N2O4S/c1-18(24-9-5-7-21-6-3-4-8-25(21)24)27-26(30)22-14-16-28(17-15-22)33(31,32)23-12-10-20(11-13-23)19(2)29/h3-13,18,22H,14-17H2,1-2H3,(H,27,30)/t18-/m1/s1. The Morgan fingerprint density at radius 2 is 1.58 bits per heavy atom. The molecule has 172 valence electrons. The molecule has 3 aromatic carbocycles. The van der Waals surface area contributed by atoms with Gasteiger partial charge in [-0.15, -0.1) is 0 Å². The lowest BCUT2D eigenvalue weighted by molar-refractivity contribution is -0.126. The topological polar surface area (TPSA) is 83.6 Å². The second-order valence-electron chi connectivity index (χ2n) is 8.56. The fraction of sp³-hybridized carbons (Fsp3) is 0.308. The molecule has 3 aromatic rings. The summed E-state index contributed by atoms with van der Waals surface area (Å²) in [4.78, 5) is 24.5. The van der Waals surface area contributed by atoms with E-state index in [0.29, 0.717) is 18.4 Å². The van der Waals surface area contributed by atoms with Crippen LogP contribution in [0.4, 0.5) is 0 Å². The molecule has 1 fully saturated rings. The molecule has 0 aromatic heterocycles. The number of carbonyl (C=O) groups is 2. The number of benzene rings is 3. The quantitative estimate of drug-likeness (QED) is 0.551. The van der Waals surface area contributed by atoms with Gasteiger partial charge in [-0.3, -0.25) is 9.59 Å². The molecule has 1 aliphatic rings. The molecule has 1 atom stereocenters. The van der Waals surface area contributed by atoms with Crippen molar-refractivity contribution < 1.29 is 18.0 Å². The Morgan fingerprint density at radius 1 is 0.939 bits per heavy atom. The summed E-state index contributed by atoms with van der Waals surface area (Å²) in [6.07, 6.45) is 0.942. The maximum atomic E-state index is 13.0. The molecule has 1 amide bonds. The first kappa shape index (κ1) is 23.1. The number of nitrogens with one attached hydrogen (secondary N) is 1. The Morgan fingerprint density at radius 3 is 2.24 bits per heavy atom. The minimum atomic E-state index is -3.65. The van der Waals surface area contributed by atoms with Gasteiger partial charge in [0.15, 0.2) is 5.78 Å². The van der Waals surface area contributed by atoms with Gasteiger partial charge < -0.3 is 5.32 Å². The molecule has 1 N–H and O–H groups in total. The van der Waals surface area contributed by atoms with Crippen molar-refractivity contribution in [2.24, 2.45) is 5.92 Å². The third-order valence-electron chi connectivity index (χ3n) is 6.37. The zero-order valence-electron chi connectivity index (χ0n) is 18.8. The largest absolute Gasteiger partial charge is 0.349 e. The van der Waals surface area contributed by atoms with Gasteiger partial charge in [-0.2, -0.15) is 4.31 Å². The predicted octanol–water partition coefficient (Wildman–Crippen LogP) is 4.32. The van der Waals surface area contributed by atoms with Crippen LogP contribution in [0.1, 0.15) is 48.7 Å². The Kier molecular flexibility index (Phi) is 6.63. The second kappa shape index (κ2) is 9.45. The van der Waals surface area contributed by atoms with Gasteiger partial charge in [-0.05, 0) is 55.2 Å². The van der Waals surface area contributed by atoms with Gasteiger partial charge in [-0.1, -0.05) is 54.6 Å². The molecule has 1 saturated heterocycles. The van der Waals surface area contributed by atoms with Gasteiger partial charge in [0.1, 0.15) is 0 Å². The molecule has 33 heavy (non-hydrogen) atoms. The SMILES string of the molecule is CC(=O)c1ccc(S(=O)(=O)N2CCC(C(=O)N[C@H](C)c3cccc4ccccc34)CC2)cc1. The van der Waals surface area contributed by atoms with Crippen molar-refractivity contribution in [3.05, 3.63) is 77.9 Å². The molecule has 0 saturated carbocycles. The summed E-state index contributed by atoms with van der Waals surface area (Å²) < 4.78 is 27.4. The monoisotopic (exact) mass is 464 g/mol. The van der Waals surface area contributed by atoms with E-state index in [1.807, 2.05) is 31.2 Å². The first-order valence-corrected chi connectivity index (χ1v) is 12.6. The number of amides is 1. The van der Waals surface area contributed by atoms with Crippen LogP contribution >= 0.6 is 0 Å². The number of hydrogen-bond acceptors (Lipinski definition) is 4. The van der Waals surface area contributed by atoms with Gasteiger partial charge in [0.05, 0.1) is 10.9 Å². The molecule has 7 heteroatoms. The minimum Gasteiger partial charge on any atom is -0.349 e. The predicted molar refractivity (Wildman–Crippen MR) is 128 cm³/mol. The maximum absolute atomic E-state index is 13.0. The summed E-state index contributed by atoms with van der Waals surface area (Å²) in [7, 11) is -3.65. The van der Waals surface area contributed by atoms with Crippen LogP contribution in [0.5, 0.6) is 0 Å². The van der Waals surface area contributed by atoms with Gasteiger partial charge >= 0.3 is 0 Å². The molecule has 0 unspecified atom stereocenters. The van der Waals surface area contributed by atoms with Crippen molar-refractivity contribution in [2.75, 3.05) is 13.1 Å². The summed E-state index contributed by atoms with van der Waals surface area (Å²) in [6.45, 7) is 4.00. The molecule has 4 rings (SSSR count). The Hall–Kier alpha value is -3.03. The lowest BCUT2D eigenvalue weighted by Crippen LogP contribution is -2.43. The zero-order valence-corrected chi connectivity index (χ0v) is 19.6. The van der Waals surface area contributed by atoms with E-state index in [9.17, 15) is 18.0 Å². The Balaban J connectivity index is 1.39. The number of fused-ring (bicyclic) bond motifs is 1. The third-order valence-corrected chi connectivity index (χ3v) is 8.28. The molecular weight excluding hydrogens is 436 g/mol. The van der Waals surface area contributed by atoms with Crippen LogP contribution in [0.3, 0.4) is 0 Å². The fourth-order valence-electron chi connectivity index (χ4n) is 4.41. The van der Waals surface area contributed by atoms with Gasteiger partial charge in [0.2, 0.25) is 15.9 Å². The number of piperidine rings is 1. The van der Waals surface area contributed by atoms with E-state index in [1.165, 1.54) is 35.5 Å². The molecule has 6 nitrogen and oxygen atoms in total. The van der Waals surface area contributed by atoms with Crippen molar-refractivity contribution >= 4 is 32.5 Å². The molecule has 0 bridgehead atoms. The number of Topliss-reactive ketones (excluding diaryl/α,β-unsaturated/α-hetero) is 1. The van der Waals surface area contributed by atoms with E-state index >= 15 is 0 Å². The van der Waals surface area contributed by atoms with Gasteiger partial charge in [0, 0.05) is 24.6 Å². The molecular formula is C26H28N2O4S. The minimum absolute atomic E-state index is 0.0432. The fourth-order valence-corrected chi connectivity index (χ4v) is 5.88. The molecule has 1 aliphatic heterocycles. The number of nitrogens with zero attached hydrogens (tertiary/aromatic N) is 1. The molecule has 1 heterocycles. The summed E-state index contributed by atoms with van der Waals surface area (Å²) in [5.74, 6) is -0.379. The summed E-state index contributed by atoms with van der Waals surface area (Å²) >= 11 is 0. The summed E-state index contributed by atoms with van der Waals surface area (Å²) in [6, 6.07) is 20.0. The van der Waals surface area contributed by atoms with E-state index in [-0.39, 0.29) is 41.6 Å². The van der Waals surface area contributed by atoms with E-state index in [1.54, 1.807) is 0 Å². The smallest absolute Gasteiger partial charge is 0.243 e. The number of rotatable bonds is 6. The Labute approximate surface area is 194 Å². The van der Waals surface area contributed by atoms with Crippen LogP contribution in [0.25, 0.3) is 10.8 Å². The van der Waals surface area contributed by atoms with E-state index in [4.69, 9.17) is 0 Å². The lowest BCUT2D eigenvalue weighted by atomic mass is 9.95. The first-order valence-electron chi connectivity index (χ1n) is 11.2. The average Bonchev–Trinajstić information content (AvgIpc) is 2.83. The van der Waals surface area contributed by atoms with E-state index < -0.39 is 10.0 Å². The highest BCUT2D eigenvalue weighted by Crippen LogP contribution is 2.27. The third kappa shape index (κ3) is 4.84. The van der Waals surface area contributed by atoms with E-state index in [2.05, 4.69) is 23.5 Å². The van der Waals surface area contributed by atoms with Crippen LogP contribution in [0, 0.1) is 5.92 Å². The van der Waals surface area contributed by atoms with Gasteiger partial charge in [-0.25, -0.2) is 8.42 Å². The highest BCUT2D eigenvalue weighted by atomic mass is 32.2. The van der Waals surface area contributed by atoms with Crippen LogP contribution in [0.15, 0.2) is 71.6 Å². The lowest BCUT2D eigenvalue weighted by Gasteiger charge is -2.31. The molecule has 0 spiro atoms. The van der Waals surface area contributed by atoms with Gasteiger partial charge in [0.25, 0.3) is 0 Å².